The van der Waals surface area contributed by atoms with E-state index in [0.29, 0.717) is 24.8 Å². The molecule has 1 saturated heterocycles. The van der Waals surface area contributed by atoms with Crippen LogP contribution in [-0.2, 0) is 9.53 Å². The molecule has 1 aliphatic heterocycles. The fourth-order valence-corrected chi connectivity index (χ4v) is 3.18. The molecule has 2 unspecified atom stereocenters. The first-order chi connectivity index (χ1) is 9.15. The Kier molecular flexibility index (Phi) is 5.22. The molecule has 0 aromatic heterocycles. The number of amides is 1. The second kappa shape index (κ2) is 6.71. The van der Waals surface area contributed by atoms with Gasteiger partial charge in [-0.2, -0.15) is 0 Å². The molecule has 4 heteroatoms. The molecule has 2 atom stereocenters. The number of carbonyl (C=O) groups is 1. The van der Waals surface area contributed by atoms with Crippen molar-refractivity contribution < 1.29 is 9.53 Å². The summed E-state index contributed by atoms with van der Waals surface area (Å²) in [5.74, 6) is 1.30. The van der Waals surface area contributed by atoms with Crippen LogP contribution in [0.5, 0.6) is 0 Å². The number of carbonyl (C=O) groups excluding carboxylic acids is 1. The Labute approximate surface area is 116 Å². The lowest BCUT2D eigenvalue weighted by molar-refractivity contribution is -0.126. The molecule has 0 aromatic carbocycles. The molecular weight excluding hydrogens is 240 g/mol. The fourth-order valence-electron chi connectivity index (χ4n) is 3.18. The van der Waals surface area contributed by atoms with E-state index in [4.69, 9.17) is 4.74 Å². The van der Waals surface area contributed by atoms with E-state index >= 15 is 0 Å². The molecule has 4 nitrogen and oxygen atoms in total. The number of rotatable bonds is 6. The minimum Gasteiger partial charge on any atom is -0.376 e. The summed E-state index contributed by atoms with van der Waals surface area (Å²) in [4.78, 5) is 12.0. The average Bonchev–Trinajstić information content (AvgIpc) is 2.39. The van der Waals surface area contributed by atoms with Crippen LogP contribution in [0, 0.1) is 11.8 Å². The molecule has 1 amide bonds. The minimum atomic E-state index is -0.0642. The molecule has 0 bridgehead atoms. The van der Waals surface area contributed by atoms with Gasteiger partial charge in [-0.15, -0.1) is 0 Å². The predicted molar refractivity (Wildman–Crippen MR) is 76.0 cm³/mol. The number of nitrogens with one attached hydrogen (secondary N) is 2. The van der Waals surface area contributed by atoms with E-state index < -0.39 is 0 Å². The molecule has 2 N–H and O–H groups in total. The van der Waals surface area contributed by atoms with Gasteiger partial charge in [-0.05, 0) is 57.0 Å². The number of piperidine rings is 1. The maximum atomic E-state index is 12.0. The first-order valence-electron chi connectivity index (χ1n) is 7.68. The predicted octanol–water partition coefficient (Wildman–Crippen LogP) is 1.70. The van der Waals surface area contributed by atoms with Crippen LogP contribution in [0.1, 0.15) is 45.4 Å². The van der Waals surface area contributed by atoms with Gasteiger partial charge in [0.05, 0.1) is 5.60 Å². The zero-order valence-corrected chi connectivity index (χ0v) is 12.3. The minimum absolute atomic E-state index is 0.0642. The van der Waals surface area contributed by atoms with Crippen LogP contribution in [0.15, 0.2) is 0 Å². The summed E-state index contributed by atoms with van der Waals surface area (Å²) in [7, 11) is 1.75. The van der Waals surface area contributed by atoms with Gasteiger partial charge in [-0.1, -0.05) is 6.92 Å². The van der Waals surface area contributed by atoms with Crippen LogP contribution < -0.4 is 10.6 Å². The highest BCUT2D eigenvalue weighted by Gasteiger charge is 2.37. The third kappa shape index (κ3) is 3.93. The summed E-state index contributed by atoms with van der Waals surface area (Å²) in [5, 5.41) is 6.48. The van der Waals surface area contributed by atoms with Crippen LogP contribution in [0.4, 0.5) is 0 Å². The topological polar surface area (TPSA) is 50.4 Å². The largest absolute Gasteiger partial charge is 0.376 e. The normalized spacial score (nSPS) is 27.4. The number of hydrogen-bond acceptors (Lipinski definition) is 3. The summed E-state index contributed by atoms with van der Waals surface area (Å²) in [6, 6.07) is 0. The molecule has 1 saturated carbocycles. The smallest absolute Gasteiger partial charge is 0.220 e. The van der Waals surface area contributed by atoms with Crippen LogP contribution in [0.25, 0.3) is 0 Å². The van der Waals surface area contributed by atoms with E-state index in [1.165, 1.54) is 19.3 Å². The van der Waals surface area contributed by atoms with Gasteiger partial charge < -0.3 is 15.4 Å². The van der Waals surface area contributed by atoms with Crippen molar-refractivity contribution >= 4 is 5.91 Å². The van der Waals surface area contributed by atoms with Gasteiger partial charge in [-0.3, -0.25) is 4.79 Å². The van der Waals surface area contributed by atoms with Crippen molar-refractivity contribution in [2.45, 2.75) is 51.0 Å². The molecule has 0 spiro atoms. The van der Waals surface area contributed by atoms with Crippen LogP contribution in [-0.4, -0.2) is 38.3 Å². The van der Waals surface area contributed by atoms with E-state index in [9.17, 15) is 4.79 Å². The highest BCUT2D eigenvalue weighted by molar-refractivity contribution is 5.76. The lowest BCUT2D eigenvalue weighted by Gasteiger charge is -2.40. The first kappa shape index (κ1) is 14.8. The van der Waals surface area contributed by atoms with Crippen molar-refractivity contribution in [1.82, 2.24) is 10.6 Å². The Hall–Kier alpha value is -0.610. The lowest BCUT2D eigenvalue weighted by atomic mass is 9.80. The molecule has 0 aromatic rings. The summed E-state index contributed by atoms with van der Waals surface area (Å²) >= 11 is 0. The van der Waals surface area contributed by atoms with E-state index in [2.05, 4.69) is 17.6 Å². The van der Waals surface area contributed by atoms with E-state index in [1.54, 1.807) is 7.11 Å². The number of ether oxygens (including phenoxy) is 1. The van der Waals surface area contributed by atoms with Gasteiger partial charge >= 0.3 is 0 Å². The van der Waals surface area contributed by atoms with Gasteiger partial charge in [0.15, 0.2) is 0 Å². The molecule has 2 fully saturated rings. The fraction of sp³-hybridized carbons (Fsp3) is 0.933. The van der Waals surface area contributed by atoms with Crippen molar-refractivity contribution in [1.29, 1.82) is 0 Å². The molecule has 19 heavy (non-hydrogen) atoms. The lowest BCUT2D eigenvalue weighted by Crippen LogP contribution is -2.49. The van der Waals surface area contributed by atoms with Crippen molar-refractivity contribution in [3.63, 3.8) is 0 Å². The standard InChI is InChI=1S/C15H28N2O2/c1-12(13-5-3-8-16-10-13)9-14(18)17-11-15(19-2)6-4-7-15/h12-13,16H,3-11H2,1-2H3,(H,17,18). The van der Waals surface area contributed by atoms with Crippen molar-refractivity contribution in [3.8, 4) is 0 Å². The van der Waals surface area contributed by atoms with Gasteiger partial charge in [-0.25, -0.2) is 0 Å². The molecule has 2 rings (SSSR count). The second-order valence-electron chi connectivity index (χ2n) is 6.31. The molecular formula is C15H28N2O2. The SMILES string of the molecule is COC1(CNC(=O)CC(C)C2CCCNC2)CCC1. The number of hydrogen-bond donors (Lipinski definition) is 2. The quantitative estimate of drug-likeness (QED) is 0.771. The number of methoxy groups -OCH3 is 1. The highest BCUT2D eigenvalue weighted by atomic mass is 16.5. The molecule has 2 aliphatic rings. The maximum absolute atomic E-state index is 12.0. The summed E-state index contributed by atoms with van der Waals surface area (Å²) in [6.07, 6.45) is 6.50. The van der Waals surface area contributed by atoms with Crippen molar-refractivity contribution in [3.05, 3.63) is 0 Å². The second-order valence-corrected chi connectivity index (χ2v) is 6.31. The van der Waals surface area contributed by atoms with Crippen LogP contribution >= 0.6 is 0 Å². The first-order valence-corrected chi connectivity index (χ1v) is 7.68. The average molecular weight is 268 g/mol. The molecule has 1 heterocycles. The van der Waals surface area contributed by atoms with Crippen molar-refractivity contribution in [2.75, 3.05) is 26.7 Å². The molecule has 1 aliphatic carbocycles. The Morgan fingerprint density at radius 2 is 2.26 bits per heavy atom. The van der Waals surface area contributed by atoms with Gasteiger partial charge in [0, 0.05) is 20.1 Å². The third-order valence-electron chi connectivity index (χ3n) is 4.95. The molecule has 110 valence electrons. The maximum Gasteiger partial charge on any atom is 0.220 e. The van der Waals surface area contributed by atoms with Gasteiger partial charge in [0.2, 0.25) is 5.91 Å². The Bertz CT molecular complexity index is 291. The van der Waals surface area contributed by atoms with E-state index in [-0.39, 0.29) is 11.5 Å². The Balaban J connectivity index is 1.68. The third-order valence-corrected chi connectivity index (χ3v) is 4.95. The van der Waals surface area contributed by atoms with E-state index in [1.807, 2.05) is 0 Å². The Morgan fingerprint density at radius 1 is 1.47 bits per heavy atom. The summed E-state index contributed by atoms with van der Waals surface area (Å²) < 4.78 is 5.52. The summed E-state index contributed by atoms with van der Waals surface area (Å²) in [6.45, 7) is 5.08. The monoisotopic (exact) mass is 268 g/mol. The van der Waals surface area contributed by atoms with Gasteiger partial charge in [0.25, 0.3) is 0 Å². The van der Waals surface area contributed by atoms with E-state index in [0.717, 1.165) is 25.9 Å². The van der Waals surface area contributed by atoms with Crippen LogP contribution in [0.3, 0.4) is 0 Å². The Morgan fingerprint density at radius 3 is 2.79 bits per heavy atom. The van der Waals surface area contributed by atoms with Crippen molar-refractivity contribution in [2.24, 2.45) is 11.8 Å². The molecule has 0 radical (unpaired) electrons. The summed E-state index contributed by atoms with van der Waals surface area (Å²) in [5.41, 5.74) is -0.0642. The zero-order valence-electron chi connectivity index (χ0n) is 12.3. The highest BCUT2D eigenvalue weighted by Crippen LogP contribution is 2.34. The van der Waals surface area contributed by atoms with Crippen LogP contribution in [0.2, 0.25) is 0 Å². The van der Waals surface area contributed by atoms with Gasteiger partial charge in [0.1, 0.15) is 0 Å². The zero-order chi connectivity index (χ0) is 13.7.